The van der Waals surface area contributed by atoms with Crippen molar-refractivity contribution < 1.29 is 22.4 Å². The van der Waals surface area contributed by atoms with E-state index >= 15 is 0 Å². The van der Waals surface area contributed by atoms with Crippen molar-refractivity contribution in [2.75, 3.05) is 17.1 Å². The van der Waals surface area contributed by atoms with E-state index in [4.69, 9.17) is 0 Å². The number of sulfonamides is 1. The largest absolute Gasteiger partial charge is 0.352 e. The van der Waals surface area contributed by atoms with Crippen LogP contribution in [0.4, 0.5) is 10.1 Å². The number of hydrogen-bond acceptors (Lipinski definition) is 4. The van der Waals surface area contributed by atoms with Gasteiger partial charge in [0.15, 0.2) is 0 Å². The average molecular weight is 532 g/mol. The van der Waals surface area contributed by atoms with E-state index in [0.717, 1.165) is 47.4 Å². The maximum atomic E-state index is 14.3. The molecular formula is C28H38FN3O4S. The normalized spacial score (nSPS) is 14.8. The second-order valence-electron chi connectivity index (χ2n) is 9.75. The number of carbonyl (C=O) groups excluding carboxylic acids is 2. The quantitative estimate of drug-likeness (QED) is 0.436. The first-order valence-corrected chi connectivity index (χ1v) is 14.8. The van der Waals surface area contributed by atoms with Crippen molar-refractivity contribution in [3.05, 3.63) is 65.5 Å². The predicted molar refractivity (Wildman–Crippen MR) is 144 cm³/mol. The monoisotopic (exact) mass is 531 g/mol. The van der Waals surface area contributed by atoms with Gasteiger partial charge in [-0.05, 0) is 55.9 Å². The fourth-order valence-electron chi connectivity index (χ4n) is 4.89. The summed E-state index contributed by atoms with van der Waals surface area (Å²) >= 11 is 0. The van der Waals surface area contributed by atoms with Crippen molar-refractivity contribution in [3.8, 4) is 0 Å². The van der Waals surface area contributed by atoms with Crippen LogP contribution >= 0.6 is 0 Å². The van der Waals surface area contributed by atoms with Gasteiger partial charge in [-0.1, -0.05) is 56.2 Å². The van der Waals surface area contributed by atoms with Crippen molar-refractivity contribution in [1.82, 2.24) is 10.2 Å². The van der Waals surface area contributed by atoms with E-state index in [2.05, 4.69) is 5.32 Å². The van der Waals surface area contributed by atoms with Gasteiger partial charge >= 0.3 is 0 Å². The molecule has 1 saturated carbocycles. The Morgan fingerprint density at radius 2 is 1.73 bits per heavy atom. The van der Waals surface area contributed by atoms with Crippen LogP contribution in [0.25, 0.3) is 0 Å². The van der Waals surface area contributed by atoms with Crippen LogP contribution in [-0.4, -0.2) is 50.0 Å². The number of nitrogens with zero attached hydrogens (tertiary/aromatic N) is 2. The van der Waals surface area contributed by atoms with Crippen LogP contribution in [0.5, 0.6) is 0 Å². The first kappa shape index (κ1) is 28.6. The van der Waals surface area contributed by atoms with Gasteiger partial charge in [-0.3, -0.25) is 13.9 Å². The van der Waals surface area contributed by atoms with E-state index in [-0.39, 0.29) is 49.5 Å². The zero-order chi connectivity index (χ0) is 27.0. The zero-order valence-corrected chi connectivity index (χ0v) is 22.8. The number of hydrogen-bond donors (Lipinski definition) is 1. The first-order chi connectivity index (χ1) is 17.6. The summed E-state index contributed by atoms with van der Waals surface area (Å²) in [5, 5.41) is 3.13. The number of aryl methyl sites for hydroxylation is 1. The Kier molecular flexibility index (Phi) is 10.1. The number of benzene rings is 2. The number of carbonyl (C=O) groups is 2. The lowest BCUT2D eigenvalue weighted by Crippen LogP contribution is -2.51. The highest BCUT2D eigenvalue weighted by molar-refractivity contribution is 7.92. The summed E-state index contributed by atoms with van der Waals surface area (Å²) < 4.78 is 40.1. The first-order valence-electron chi connectivity index (χ1n) is 13.0. The van der Waals surface area contributed by atoms with Gasteiger partial charge in [0.2, 0.25) is 21.8 Å². The molecule has 2 aromatic rings. The van der Waals surface area contributed by atoms with Crippen LogP contribution in [0.2, 0.25) is 0 Å². The molecule has 2 amide bonds. The zero-order valence-electron chi connectivity index (χ0n) is 22.0. The van der Waals surface area contributed by atoms with Crippen LogP contribution < -0.4 is 9.62 Å². The molecule has 0 aromatic heterocycles. The van der Waals surface area contributed by atoms with Gasteiger partial charge in [-0.25, -0.2) is 12.8 Å². The minimum atomic E-state index is -3.76. The van der Waals surface area contributed by atoms with Gasteiger partial charge in [-0.2, -0.15) is 0 Å². The second-order valence-corrected chi connectivity index (χ2v) is 11.7. The Bertz CT molecular complexity index is 1180. The summed E-state index contributed by atoms with van der Waals surface area (Å²) in [6, 6.07) is 12.9. The van der Waals surface area contributed by atoms with E-state index < -0.39 is 21.9 Å². The number of rotatable bonds is 12. The Labute approximate surface area is 220 Å². The molecule has 1 fully saturated rings. The summed E-state index contributed by atoms with van der Waals surface area (Å²) in [5.74, 6) is -1.03. The molecule has 1 aliphatic carbocycles. The Morgan fingerprint density at radius 3 is 2.35 bits per heavy atom. The van der Waals surface area contributed by atoms with Crippen LogP contribution in [0.1, 0.15) is 63.0 Å². The highest BCUT2D eigenvalue weighted by atomic mass is 32.2. The van der Waals surface area contributed by atoms with E-state index in [1.807, 2.05) is 38.1 Å². The van der Waals surface area contributed by atoms with Gasteiger partial charge in [-0.15, -0.1) is 0 Å². The molecule has 37 heavy (non-hydrogen) atoms. The molecule has 3 rings (SSSR count). The third-order valence-electron chi connectivity index (χ3n) is 6.96. The topological polar surface area (TPSA) is 86.8 Å². The fourth-order valence-corrected chi connectivity index (χ4v) is 5.86. The number of amides is 2. The third-order valence-corrected chi connectivity index (χ3v) is 8.14. The molecule has 9 heteroatoms. The maximum absolute atomic E-state index is 14.3. The number of anilines is 1. The molecular weight excluding hydrogens is 493 g/mol. The number of nitrogens with one attached hydrogen (secondary N) is 1. The molecule has 1 aliphatic rings. The molecule has 0 saturated heterocycles. The Morgan fingerprint density at radius 1 is 1.08 bits per heavy atom. The van der Waals surface area contributed by atoms with E-state index in [1.54, 1.807) is 11.0 Å². The molecule has 1 N–H and O–H groups in total. The minimum absolute atomic E-state index is 0.0273. The summed E-state index contributed by atoms with van der Waals surface area (Å²) in [4.78, 5) is 28.4. The molecule has 0 spiro atoms. The summed E-state index contributed by atoms with van der Waals surface area (Å²) in [6.07, 6.45) is 5.77. The smallest absolute Gasteiger partial charge is 0.243 e. The molecule has 202 valence electrons. The van der Waals surface area contributed by atoms with Gasteiger partial charge in [0.25, 0.3) is 0 Å². The lowest BCUT2D eigenvalue weighted by atomic mass is 10.0. The molecule has 0 radical (unpaired) electrons. The molecule has 0 heterocycles. The summed E-state index contributed by atoms with van der Waals surface area (Å²) in [5.41, 5.74) is 1.93. The third kappa shape index (κ3) is 7.77. The lowest BCUT2D eigenvalue weighted by molar-refractivity contribution is -0.141. The summed E-state index contributed by atoms with van der Waals surface area (Å²) in [6.45, 7) is 4.09. The second kappa shape index (κ2) is 13.0. The van der Waals surface area contributed by atoms with Gasteiger partial charge in [0.1, 0.15) is 11.9 Å². The SMILES string of the molecule is CC[C@@H](C(=O)NC1CCCC1)N(Cc1ccccc1C)C(=O)CCCN(c1ccccc1F)S(C)(=O)=O. The Hall–Kier alpha value is -2.94. The summed E-state index contributed by atoms with van der Waals surface area (Å²) in [7, 11) is -3.76. The Balaban J connectivity index is 1.77. The minimum Gasteiger partial charge on any atom is -0.352 e. The van der Waals surface area contributed by atoms with Crippen molar-refractivity contribution in [2.45, 2.75) is 77.4 Å². The fraction of sp³-hybridized carbons (Fsp3) is 0.500. The predicted octanol–water partition coefficient (Wildman–Crippen LogP) is 4.55. The maximum Gasteiger partial charge on any atom is 0.243 e. The van der Waals surface area contributed by atoms with E-state index in [9.17, 15) is 22.4 Å². The van der Waals surface area contributed by atoms with Crippen molar-refractivity contribution in [3.63, 3.8) is 0 Å². The van der Waals surface area contributed by atoms with Gasteiger partial charge in [0.05, 0.1) is 11.9 Å². The van der Waals surface area contributed by atoms with Crippen LogP contribution in [0, 0.1) is 12.7 Å². The van der Waals surface area contributed by atoms with Crippen molar-refractivity contribution >= 4 is 27.5 Å². The standard InChI is InChI=1S/C28H38FN3O4S/c1-4-25(28(34)30-23-14-7-8-15-23)31(20-22-13-6-5-12-21(22)2)27(33)18-11-19-32(37(3,35)36)26-17-10-9-16-24(26)29/h5-6,9-10,12-13,16-17,23,25H,4,7-8,11,14-15,18-20H2,1-3H3,(H,30,34)/t25-/m0/s1. The van der Waals surface area contributed by atoms with Crippen molar-refractivity contribution in [1.29, 1.82) is 0 Å². The van der Waals surface area contributed by atoms with Crippen molar-refractivity contribution in [2.24, 2.45) is 0 Å². The molecule has 0 bridgehead atoms. The molecule has 2 aromatic carbocycles. The molecule has 7 nitrogen and oxygen atoms in total. The van der Waals surface area contributed by atoms with Crippen LogP contribution in [-0.2, 0) is 26.2 Å². The van der Waals surface area contributed by atoms with E-state index in [1.165, 1.54) is 18.2 Å². The molecule has 1 atom stereocenters. The molecule has 0 aliphatic heterocycles. The van der Waals surface area contributed by atoms with E-state index in [0.29, 0.717) is 6.42 Å². The van der Waals surface area contributed by atoms with Crippen LogP contribution in [0.15, 0.2) is 48.5 Å². The highest BCUT2D eigenvalue weighted by Crippen LogP contribution is 2.23. The highest BCUT2D eigenvalue weighted by Gasteiger charge is 2.31. The average Bonchev–Trinajstić information content (AvgIpc) is 3.35. The number of para-hydroxylation sites is 1. The van der Waals surface area contributed by atoms with Gasteiger partial charge in [0, 0.05) is 25.6 Å². The van der Waals surface area contributed by atoms with Gasteiger partial charge < -0.3 is 10.2 Å². The lowest BCUT2D eigenvalue weighted by Gasteiger charge is -2.32. The van der Waals surface area contributed by atoms with Crippen LogP contribution in [0.3, 0.4) is 0 Å². The number of halogens is 1. The molecule has 0 unspecified atom stereocenters.